The Balaban J connectivity index is 2.38. The first-order valence-corrected chi connectivity index (χ1v) is 7.68. The Hall–Kier alpha value is -2.15. The van der Waals surface area contributed by atoms with E-state index in [-0.39, 0.29) is 11.4 Å². The molecule has 0 unspecified atom stereocenters. The lowest BCUT2D eigenvalue weighted by molar-refractivity contribution is 0.486. The monoisotopic (exact) mass is 312 g/mol. The lowest BCUT2D eigenvalue weighted by Crippen LogP contribution is -2.16. The molecule has 0 bridgehead atoms. The maximum atomic E-state index is 13.6. The number of rotatable bonds is 4. The van der Waals surface area contributed by atoms with E-state index < -0.39 is 26.6 Å². The molecule has 0 aliphatic rings. The van der Waals surface area contributed by atoms with Gasteiger partial charge in [0.1, 0.15) is 4.90 Å². The normalized spacial score (nSPS) is 11.4. The summed E-state index contributed by atoms with van der Waals surface area (Å²) in [6, 6.07) is 8.20. The summed E-state index contributed by atoms with van der Waals surface area (Å²) in [6.07, 6.45) is 0.808. The Bertz CT molecular complexity index is 759. The molecule has 2 rings (SSSR count). The van der Waals surface area contributed by atoms with Crippen LogP contribution in [0.5, 0.6) is 0 Å². The average Bonchev–Trinajstić information content (AvgIpc) is 2.43. The molecule has 0 heterocycles. The van der Waals surface area contributed by atoms with Crippen LogP contribution in [0.4, 0.5) is 20.2 Å². The minimum Gasteiger partial charge on any atom is -0.399 e. The van der Waals surface area contributed by atoms with Crippen LogP contribution in [-0.4, -0.2) is 8.42 Å². The van der Waals surface area contributed by atoms with Gasteiger partial charge in [0.15, 0.2) is 11.6 Å². The van der Waals surface area contributed by atoms with Crippen LogP contribution in [0, 0.1) is 11.6 Å². The molecule has 112 valence electrons. The Morgan fingerprint density at radius 1 is 1.14 bits per heavy atom. The van der Waals surface area contributed by atoms with E-state index in [0.29, 0.717) is 0 Å². The SMILES string of the molecule is CCc1ccc(NS(=O)(=O)c2cc(N)cc(F)c2F)cc1. The molecule has 2 aromatic carbocycles. The molecule has 0 saturated carbocycles. The van der Waals surface area contributed by atoms with Crippen molar-refractivity contribution in [3.8, 4) is 0 Å². The fourth-order valence-electron chi connectivity index (χ4n) is 1.80. The molecule has 0 amide bonds. The second-order valence-corrected chi connectivity index (χ2v) is 6.12. The van der Waals surface area contributed by atoms with E-state index in [1.165, 1.54) is 0 Å². The van der Waals surface area contributed by atoms with E-state index in [2.05, 4.69) is 4.72 Å². The quantitative estimate of drug-likeness (QED) is 0.853. The number of nitrogens with two attached hydrogens (primary N) is 1. The number of hydrogen-bond acceptors (Lipinski definition) is 3. The third kappa shape index (κ3) is 3.30. The molecule has 21 heavy (non-hydrogen) atoms. The Morgan fingerprint density at radius 2 is 1.76 bits per heavy atom. The molecule has 3 N–H and O–H groups in total. The summed E-state index contributed by atoms with van der Waals surface area (Å²) >= 11 is 0. The predicted octanol–water partition coefficient (Wildman–Crippen LogP) is 2.91. The zero-order valence-electron chi connectivity index (χ0n) is 11.2. The second-order valence-electron chi connectivity index (χ2n) is 4.47. The molecule has 0 atom stereocenters. The third-order valence-electron chi connectivity index (χ3n) is 2.92. The van der Waals surface area contributed by atoms with Crippen molar-refractivity contribution in [2.45, 2.75) is 18.2 Å². The molecule has 7 heteroatoms. The van der Waals surface area contributed by atoms with E-state index in [4.69, 9.17) is 5.73 Å². The summed E-state index contributed by atoms with van der Waals surface area (Å²) in [4.78, 5) is -0.820. The van der Waals surface area contributed by atoms with Gasteiger partial charge in [-0.2, -0.15) is 0 Å². The van der Waals surface area contributed by atoms with E-state index in [9.17, 15) is 17.2 Å². The van der Waals surface area contributed by atoms with Crippen LogP contribution in [0.1, 0.15) is 12.5 Å². The number of nitrogen functional groups attached to an aromatic ring is 1. The number of sulfonamides is 1. The Morgan fingerprint density at radius 3 is 2.33 bits per heavy atom. The third-order valence-corrected chi connectivity index (χ3v) is 4.30. The van der Waals surface area contributed by atoms with Crippen LogP contribution in [0.2, 0.25) is 0 Å². The van der Waals surface area contributed by atoms with Crippen molar-refractivity contribution in [3.05, 3.63) is 53.6 Å². The molecule has 0 aromatic heterocycles. The van der Waals surface area contributed by atoms with Crippen molar-refractivity contribution >= 4 is 21.4 Å². The van der Waals surface area contributed by atoms with Crippen LogP contribution < -0.4 is 10.5 Å². The number of halogens is 2. The highest BCUT2D eigenvalue weighted by molar-refractivity contribution is 7.92. The first kappa shape index (κ1) is 15.2. The Kier molecular flexibility index (Phi) is 4.13. The van der Waals surface area contributed by atoms with Gasteiger partial charge >= 0.3 is 0 Å². The molecule has 0 saturated heterocycles. The number of aryl methyl sites for hydroxylation is 1. The topological polar surface area (TPSA) is 72.2 Å². The zero-order chi connectivity index (χ0) is 15.6. The van der Waals surface area contributed by atoms with Crippen LogP contribution >= 0.6 is 0 Å². The summed E-state index contributed by atoms with van der Waals surface area (Å²) < 4.78 is 53.3. The lowest BCUT2D eigenvalue weighted by Gasteiger charge is -2.10. The summed E-state index contributed by atoms with van der Waals surface area (Å²) in [5, 5.41) is 0. The van der Waals surface area contributed by atoms with Crippen molar-refractivity contribution in [1.29, 1.82) is 0 Å². The van der Waals surface area contributed by atoms with E-state index >= 15 is 0 Å². The van der Waals surface area contributed by atoms with E-state index in [1.54, 1.807) is 24.3 Å². The summed E-state index contributed by atoms with van der Waals surface area (Å²) in [6.45, 7) is 1.96. The summed E-state index contributed by atoms with van der Waals surface area (Å²) in [7, 11) is -4.25. The molecule has 2 aromatic rings. The summed E-state index contributed by atoms with van der Waals surface area (Å²) in [5.74, 6) is -2.77. The van der Waals surface area contributed by atoms with Crippen LogP contribution in [0.25, 0.3) is 0 Å². The molecular weight excluding hydrogens is 298 g/mol. The van der Waals surface area contributed by atoms with Crippen molar-refractivity contribution in [3.63, 3.8) is 0 Å². The minimum absolute atomic E-state index is 0.171. The Labute approximate surface area is 121 Å². The van der Waals surface area contributed by atoms with Crippen LogP contribution in [0.3, 0.4) is 0 Å². The fourth-order valence-corrected chi connectivity index (χ4v) is 2.98. The van der Waals surface area contributed by atoms with Crippen molar-refractivity contribution < 1.29 is 17.2 Å². The van der Waals surface area contributed by atoms with Crippen LogP contribution in [0.15, 0.2) is 41.3 Å². The predicted molar refractivity (Wildman–Crippen MR) is 77.4 cm³/mol. The second kappa shape index (κ2) is 5.69. The van der Waals surface area contributed by atoms with Gasteiger partial charge in [-0.05, 0) is 36.2 Å². The molecule has 0 spiro atoms. The maximum Gasteiger partial charge on any atom is 0.265 e. The minimum atomic E-state index is -4.25. The molecular formula is C14H14F2N2O2S. The van der Waals surface area contributed by atoms with E-state index in [0.717, 1.165) is 24.1 Å². The van der Waals surface area contributed by atoms with E-state index in [1.807, 2.05) is 6.92 Å². The largest absolute Gasteiger partial charge is 0.399 e. The smallest absolute Gasteiger partial charge is 0.265 e. The van der Waals surface area contributed by atoms with Gasteiger partial charge in [-0.25, -0.2) is 17.2 Å². The standard InChI is InChI=1S/C14H14F2N2O2S/c1-2-9-3-5-11(6-4-9)18-21(19,20)13-8-10(17)7-12(15)14(13)16/h3-8,18H,2,17H2,1H3. The number of benzene rings is 2. The number of nitrogens with one attached hydrogen (secondary N) is 1. The first-order chi connectivity index (χ1) is 9.83. The first-order valence-electron chi connectivity index (χ1n) is 6.19. The molecule has 4 nitrogen and oxygen atoms in total. The van der Waals surface area contributed by atoms with Gasteiger partial charge in [0.05, 0.1) is 0 Å². The van der Waals surface area contributed by atoms with Crippen molar-refractivity contribution in [2.24, 2.45) is 0 Å². The highest BCUT2D eigenvalue weighted by Gasteiger charge is 2.22. The molecule has 0 aliphatic heterocycles. The molecule has 0 aliphatic carbocycles. The van der Waals surface area contributed by atoms with Gasteiger partial charge in [0.25, 0.3) is 10.0 Å². The highest BCUT2D eigenvalue weighted by atomic mass is 32.2. The molecule has 0 radical (unpaired) electrons. The zero-order valence-corrected chi connectivity index (χ0v) is 12.0. The molecule has 0 fully saturated rings. The van der Waals surface area contributed by atoms with Gasteiger partial charge in [0.2, 0.25) is 0 Å². The maximum absolute atomic E-state index is 13.6. The average molecular weight is 312 g/mol. The summed E-state index contributed by atoms with van der Waals surface area (Å²) in [5.41, 5.74) is 6.47. The van der Waals surface area contributed by atoms with Crippen molar-refractivity contribution in [1.82, 2.24) is 0 Å². The van der Waals surface area contributed by atoms with Gasteiger partial charge in [-0.3, -0.25) is 4.72 Å². The highest BCUT2D eigenvalue weighted by Crippen LogP contribution is 2.23. The van der Waals surface area contributed by atoms with Gasteiger partial charge < -0.3 is 5.73 Å². The van der Waals surface area contributed by atoms with Gasteiger partial charge in [0, 0.05) is 11.4 Å². The van der Waals surface area contributed by atoms with Crippen molar-refractivity contribution in [2.75, 3.05) is 10.5 Å². The lowest BCUT2D eigenvalue weighted by atomic mass is 10.2. The van der Waals surface area contributed by atoms with Gasteiger partial charge in [-0.15, -0.1) is 0 Å². The van der Waals surface area contributed by atoms with Gasteiger partial charge in [-0.1, -0.05) is 19.1 Å². The van der Waals surface area contributed by atoms with Crippen LogP contribution in [-0.2, 0) is 16.4 Å². The fraction of sp³-hybridized carbons (Fsp3) is 0.143. The number of anilines is 2. The number of hydrogen-bond donors (Lipinski definition) is 2.